The Morgan fingerprint density at radius 3 is 2.00 bits per heavy atom. The minimum absolute atomic E-state index is 0.311. The van der Waals surface area contributed by atoms with E-state index in [4.69, 9.17) is 21.8 Å². The van der Waals surface area contributed by atoms with Crippen LogP contribution < -0.4 is 0 Å². The van der Waals surface area contributed by atoms with E-state index in [1.807, 2.05) is 0 Å². The van der Waals surface area contributed by atoms with Crippen molar-refractivity contribution in [2.45, 2.75) is 13.0 Å². The fourth-order valence-corrected chi connectivity index (χ4v) is 1.76. The molecule has 0 aliphatic rings. The number of benzene rings is 1. The lowest BCUT2D eigenvalue weighted by molar-refractivity contribution is -0.142. The lowest BCUT2D eigenvalue weighted by Crippen LogP contribution is -2.36. The van der Waals surface area contributed by atoms with Crippen molar-refractivity contribution in [1.82, 2.24) is 4.90 Å². The van der Waals surface area contributed by atoms with Crippen molar-refractivity contribution < 1.29 is 19.8 Å². The first-order chi connectivity index (χ1) is 8.40. The first-order valence-electron chi connectivity index (χ1n) is 5.33. The van der Waals surface area contributed by atoms with E-state index in [0.717, 1.165) is 5.56 Å². The van der Waals surface area contributed by atoms with Gasteiger partial charge in [-0.05, 0) is 24.6 Å². The maximum atomic E-state index is 10.7. The van der Waals surface area contributed by atoms with Crippen molar-refractivity contribution in [3.63, 3.8) is 0 Å². The Hall–Kier alpha value is -1.59. The zero-order chi connectivity index (χ0) is 13.7. The topological polar surface area (TPSA) is 77.8 Å². The number of carboxylic acids is 2. The van der Waals surface area contributed by atoms with Crippen LogP contribution in [0.3, 0.4) is 0 Å². The zero-order valence-corrected chi connectivity index (χ0v) is 10.6. The van der Waals surface area contributed by atoms with Crippen LogP contribution in [0.5, 0.6) is 0 Å². The molecule has 6 heteroatoms. The smallest absolute Gasteiger partial charge is 0.317 e. The molecular formula is C12H14ClNO4. The Labute approximate surface area is 110 Å². The molecule has 0 saturated heterocycles. The third-order valence-electron chi connectivity index (χ3n) is 2.58. The third kappa shape index (κ3) is 4.35. The Morgan fingerprint density at radius 2 is 1.61 bits per heavy atom. The summed E-state index contributed by atoms with van der Waals surface area (Å²) in [5.41, 5.74) is 0.821. The predicted octanol–water partition coefficient (Wildman–Crippen LogP) is 1.87. The number of halogens is 1. The van der Waals surface area contributed by atoms with Crippen LogP contribution in [0.15, 0.2) is 24.3 Å². The molecule has 1 aromatic rings. The maximum absolute atomic E-state index is 10.7. The lowest BCUT2D eigenvalue weighted by atomic mass is 10.1. The van der Waals surface area contributed by atoms with Crippen LogP contribution in [0.25, 0.3) is 0 Å². The van der Waals surface area contributed by atoms with E-state index in [0.29, 0.717) is 5.02 Å². The van der Waals surface area contributed by atoms with Crippen LogP contribution in [-0.2, 0) is 9.59 Å². The van der Waals surface area contributed by atoms with Crippen LogP contribution in [0.2, 0.25) is 5.02 Å². The summed E-state index contributed by atoms with van der Waals surface area (Å²) in [5.74, 6) is -2.12. The van der Waals surface area contributed by atoms with Gasteiger partial charge in [0.25, 0.3) is 0 Å². The van der Waals surface area contributed by atoms with Crippen molar-refractivity contribution >= 4 is 23.5 Å². The van der Waals surface area contributed by atoms with Gasteiger partial charge in [0.1, 0.15) is 0 Å². The molecule has 0 aliphatic heterocycles. The fraction of sp³-hybridized carbons (Fsp3) is 0.333. The summed E-state index contributed by atoms with van der Waals surface area (Å²) in [4.78, 5) is 22.8. The molecular weight excluding hydrogens is 258 g/mol. The van der Waals surface area contributed by atoms with Gasteiger partial charge in [-0.3, -0.25) is 14.5 Å². The Balaban J connectivity index is 2.86. The first-order valence-corrected chi connectivity index (χ1v) is 5.71. The van der Waals surface area contributed by atoms with Gasteiger partial charge in [-0.25, -0.2) is 0 Å². The molecule has 0 aliphatic carbocycles. The number of carboxylic acid groups (broad SMARTS) is 2. The number of hydrogen-bond acceptors (Lipinski definition) is 3. The Morgan fingerprint density at radius 1 is 1.17 bits per heavy atom. The van der Waals surface area contributed by atoms with Gasteiger partial charge in [0.2, 0.25) is 0 Å². The molecule has 98 valence electrons. The summed E-state index contributed by atoms with van der Waals surface area (Å²) >= 11 is 5.76. The summed E-state index contributed by atoms with van der Waals surface area (Å²) in [6.07, 6.45) is 0. The van der Waals surface area contributed by atoms with E-state index in [9.17, 15) is 9.59 Å². The normalized spacial score (nSPS) is 12.4. The second-order valence-corrected chi connectivity index (χ2v) is 4.36. The highest BCUT2D eigenvalue weighted by Crippen LogP contribution is 2.21. The van der Waals surface area contributed by atoms with Crippen molar-refractivity contribution in [3.8, 4) is 0 Å². The molecule has 5 nitrogen and oxygen atoms in total. The zero-order valence-electron chi connectivity index (χ0n) is 9.84. The predicted molar refractivity (Wildman–Crippen MR) is 66.7 cm³/mol. The second-order valence-electron chi connectivity index (χ2n) is 3.92. The third-order valence-corrected chi connectivity index (χ3v) is 2.83. The van der Waals surface area contributed by atoms with E-state index in [1.165, 1.54) is 4.90 Å². The highest BCUT2D eigenvalue weighted by Gasteiger charge is 2.20. The van der Waals surface area contributed by atoms with E-state index >= 15 is 0 Å². The fourth-order valence-electron chi connectivity index (χ4n) is 1.63. The van der Waals surface area contributed by atoms with Crippen LogP contribution in [0.4, 0.5) is 0 Å². The molecule has 0 fully saturated rings. The van der Waals surface area contributed by atoms with E-state index in [2.05, 4.69) is 0 Å². The number of hydrogen-bond donors (Lipinski definition) is 2. The number of rotatable bonds is 6. The van der Waals surface area contributed by atoms with Crippen LogP contribution in [0.1, 0.15) is 18.5 Å². The number of aliphatic carboxylic acids is 2. The van der Waals surface area contributed by atoms with Gasteiger partial charge in [0.15, 0.2) is 0 Å². The monoisotopic (exact) mass is 271 g/mol. The van der Waals surface area contributed by atoms with Crippen LogP contribution in [0, 0.1) is 0 Å². The molecule has 1 atom stereocenters. The highest BCUT2D eigenvalue weighted by atomic mass is 35.5. The average molecular weight is 272 g/mol. The van der Waals surface area contributed by atoms with Gasteiger partial charge < -0.3 is 10.2 Å². The van der Waals surface area contributed by atoms with Crippen LogP contribution >= 0.6 is 11.6 Å². The van der Waals surface area contributed by atoms with Crippen molar-refractivity contribution in [2.24, 2.45) is 0 Å². The summed E-state index contributed by atoms with van der Waals surface area (Å²) < 4.78 is 0. The van der Waals surface area contributed by atoms with Gasteiger partial charge in [0.05, 0.1) is 13.1 Å². The molecule has 0 aromatic heterocycles. The van der Waals surface area contributed by atoms with Gasteiger partial charge in [-0.2, -0.15) is 0 Å². The van der Waals surface area contributed by atoms with Gasteiger partial charge in [0, 0.05) is 11.1 Å². The molecule has 18 heavy (non-hydrogen) atoms. The number of nitrogens with zero attached hydrogens (tertiary/aromatic N) is 1. The number of carbonyl (C=O) groups is 2. The Kier molecular flexibility index (Phi) is 5.12. The molecule has 2 N–H and O–H groups in total. The molecule has 1 unspecified atom stereocenters. The van der Waals surface area contributed by atoms with Crippen molar-refractivity contribution in [3.05, 3.63) is 34.9 Å². The molecule has 0 amide bonds. The molecule has 1 aromatic carbocycles. The van der Waals surface area contributed by atoms with Gasteiger partial charge in [-0.15, -0.1) is 0 Å². The molecule has 0 spiro atoms. The maximum Gasteiger partial charge on any atom is 0.317 e. The highest BCUT2D eigenvalue weighted by molar-refractivity contribution is 6.30. The first kappa shape index (κ1) is 14.5. The SMILES string of the molecule is CC(c1ccc(Cl)cc1)N(CC(=O)O)CC(=O)O. The van der Waals surface area contributed by atoms with Gasteiger partial charge in [-0.1, -0.05) is 23.7 Å². The van der Waals surface area contributed by atoms with Gasteiger partial charge >= 0.3 is 11.9 Å². The summed E-state index contributed by atoms with van der Waals surface area (Å²) in [7, 11) is 0. The second kappa shape index (κ2) is 6.37. The minimum Gasteiger partial charge on any atom is -0.480 e. The largest absolute Gasteiger partial charge is 0.480 e. The van der Waals surface area contributed by atoms with Crippen molar-refractivity contribution in [1.29, 1.82) is 0 Å². The van der Waals surface area contributed by atoms with E-state index < -0.39 is 11.9 Å². The standard InChI is InChI=1S/C12H14ClNO4/c1-8(9-2-4-10(13)5-3-9)14(6-11(15)16)7-12(17)18/h2-5,8H,6-7H2,1H3,(H,15,16)(H,17,18). The Bertz CT molecular complexity index is 416. The molecule has 0 saturated carbocycles. The van der Waals surface area contributed by atoms with E-state index in [-0.39, 0.29) is 19.1 Å². The lowest BCUT2D eigenvalue weighted by Gasteiger charge is -2.26. The summed E-state index contributed by atoms with van der Waals surface area (Å²) in [6.45, 7) is 1.11. The average Bonchev–Trinajstić information content (AvgIpc) is 2.27. The quantitative estimate of drug-likeness (QED) is 0.826. The van der Waals surface area contributed by atoms with Crippen LogP contribution in [-0.4, -0.2) is 40.1 Å². The summed E-state index contributed by atoms with van der Waals surface area (Å²) in [6, 6.07) is 6.57. The summed E-state index contributed by atoms with van der Waals surface area (Å²) in [5, 5.41) is 18.1. The minimum atomic E-state index is -1.06. The molecule has 0 radical (unpaired) electrons. The van der Waals surface area contributed by atoms with E-state index in [1.54, 1.807) is 31.2 Å². The molecule has 1 rings (SSSR count). The molecule has 0 bridgehead atoms. The van der Waals surface area contributed by atoms with Crippen molar-refractivity contribution in [2.75, 3.05) is 13.1 Å². The molecule has 0 heterocycles.